The Labute approximate surface area is 294 Å². The molecule has 4 heterocycles. The van der Waals surface area contributed by atoms with Gasteiger partial charge in [0.05, 0.1) is 11.8 Å². The minimum absolute atomic E-state index is 0.0750. The Morgan fingerprint density at radius 2 is 1.15 bits per heavy atom. The van der Waals surface area contributed by atoms with E-state index in [2.05, 4.69) is 128 Å². The molecule has 1 aliphatic heterocycles. The van der Waals surface area contributed by atoms with Crippen LogP contribution in [-0.2, 0) is 0 Å². The second kappa shape index (κ2) is 11.1. The summed E-state index contributed by atoms with van der Waals surface area (Å²) < 4.78 is 7.57. The van der Waals surface area contributed by atoms with Crippen molar-refractivity contribution in [3.05, 3.63) is 143 Å². The minimum atomic E-state index is -0.112. The van der Waals surface area contributed by atoms with E-state index in [9.17, 15) is 0 Å². The van der Waals surface area contributed by atoms with Crippen LogP contribution in [-0.4, -0.2) is 11.5 Å². The Morgan fingerprint density at radius 3 is 1.85 bits per heavy atom. The van der Waals surface area contributed by atoms with Crippen molar-refractivity contribution in [2.45, 2.75) is 19.4 Å². The molecule has 0 N–H and O–H groups in total. The van der Waals surface area contributed by atoms with Crippen LogP contribution >= 0.6 is 45.6 Å². The summed E-state index contributed by atoms with van der Waals surface area (Å²) in [5.74, 6) is 0.876. The summed E-state index contributed by atoms with van der Waals surface area (Å²) in [6.45, 7) is 2.28. The zero-order chi connectivity index (χ0) is 31.9. The first-order chi connectivity index (χ1) is 23.7. The van der Waals surface area contributed by atoms with Crippen LogP contribution in [0.15, 0.2) is 131 Å². The number of fused-ring (bicyclic) bond motifs is 9. The molecule has 6 aromatic carbocycles. The maximum Gasteiger partial charge on any atom is 0.156 e. The topological polar surface area (TPSA) is 24.7 Å². The van der Waals surface area contributed by atoms with Gasteiger partial charge in [0.15, 0.2) is 5.84 Å². The second-order valence-electron chi connectivity index (χ2n) is 12.4. The third-order valence-corrected chi connectivity index (χ3v) is 13.6. The summed E-state index contributed by atoms with van der Waals surface area (Å²) >= 11 is 12.5. The highest BCUT2D eigenvalue weighted by molar-refractivity contribution is 7.27. The van der Waals surface area contributed by atoms with Gasteiger partial charge < -0.3 is 0 Å². The molecule has 0 saturated heterocycles. The van der Waals surface area contributed by atoms with Crippen molar-refractivity contribution >= 4 is 118 Å². The quantitative estimate of drug-likeness (QED) is 0.176. The predicted molar refractivity (Wildman–Crippen MR) is 213 cm³/mol. The maximum absolute atomic E-state index is 6.97. The fraction of sp³-hybridized carbons (Fsp3) is 0.0952. The third-order valence-electron chi connectivity index (χ3n) is 9.81. The highest BCUT2D eigenvalue weighted by Crippen LogP contribution is 2.47. The van der Waals surface area contributed by atoms with Gasteiger partial charge in [-0.2, -0.15) is 0 Å². The first-order valence-corrected chi connectivity index (χ1v) is 19.1. The first-order valence-electron chi connectivity index (χ1n) is 16.2. The second-order valence-corrected chi connectivity index (χ2v) is 16.0. The lowest BCUT2D eigenvalue weighted by Crippen LogP contribution is -2.28. The Hall–Kier alpha value is -4.39. The molecule has 9 aromatic rings. The van der Waals surface area contributed by atoms with Crippen molar-refractivity contribution in [2.75, 3.05) is 0 Å². The zero-order valence-corrected chi connectivity index (χ0v) is 29.1. The molecule has 2 nitrogen and oxygen atoms in total. The number of rotatable bonds is 4. The van der Waals surface area contributed by atoms with Crippen LogP contribution in [0.4, 0.5) is 0 Å². The largest absolute Gasteiger partial charge is 0.257 e. The lowest BCUT2D eigenvalue weighted by molar-refractivity contribution is 0.536. The summed E-state index contributed by atoms with van der Waals surface area (Å²) in [6.07, 6.45) is 0.902. The van der Waals surface area contributed by atoms with Gasteiger partial charge >= 0.3 is 0 Å². The van der Waals surface area contributed by atoms with Crippen molar-refractivity contribution in [2.24, 2.45) is 15.9 Å². The fourth-order valence-corrected chi connectivity index (χ4v) is 11.5. The Morgan fingerprint density at radius 1 is 0.562 bits per heavy atom. The van der Waals surface area contributed by atoms with E-state index in [0.29, 0.717) is 0 Å². The van der Waals surface area contributed by atoms with Crippen LogP contribution in [0.5, 0.6) is 0 Å². The number of thiophene rings is 3. The fourth-order valence-electron chi connectivity index (χ4n) is 7.69. The maximum atomic E-state index is 6.97. The summed E-state index contributed by atoms with van der Waals surface area (Å²) in [6, 6.07) is 43.6. The van der Waals surface area contributed by atoms with Crippen LogP contribution in [0.2, 0.25) is 5.02 Å². The molecule has 0 amide bonds. The average Bonchev–Trinajstić information content (AvgIpc) is 3.83. The number of aliphatic imine (C=N–C) groups is 2. The molecule has 2 atom stereocenters. The molecule has 10 rings (SSSR count). The molecule has 3 aromatic heterocycles. The summed E-state index contributed by atoms with van der Waals surface area (Å²) in [5.41, 5.74) is 4.61. The standard InChI is InChI=1S/C42H27ClN2S3/c1-2-23-39(27-14-9-19-34-36(27)24-11-3-6-16-31(24)46-34)44-42(28-15-10-20-35-37(28)25-12-4-7-17-32(25)47-35)45-40(23)29-21-22-30(43)38-26-13-5-8-18-33(26)48-41(29)38/h3-23,39H,2H2,1H3. The summed E-state index contributed by atoms with van der Waals surface area (Å²) in [4.78, 5) is 11.3. The van der Waals surface area contributed by atoms with Gasteiger partial charge in [-0.1, -0.05) is 103 Å². The summed E-state index contributed by atoms with van der Waals surface area (Å²) in [5, 5.41) is 8.20. The predicted octanol–water partition coefficient (Wildman–Crippen LogP) is 13.5. The van der Waals surface area contributed by atoms with Gasteiger partial charge in [0.1, 0.15) is 0 Å². The number of nitrogens with zero attached hydrogens (tertiary/aromatic N) is 2. The number of benzene rings is 6. The highest BCUT2D eigenvalue weighted by atomic mass is 35.5. The molecule has 6 heteroatoms. The molecule has 0 spiro atoms. The van der Waals surface area contributed by atoms with Crippen LogP contribution in [0.25, 0.3) is 60.5 Å². The molecule has 0 fully saturated rings. The molecule has 2 unspecified atom stereocenters. The van der Waals surface area contributed by atoms with Gasteiger partial charge in [-0.25, -0.2) is 4.99 Å². The Bertz CT molecular complexity index is 2820. The van der Waals surface area contributed by atoms with E-state index in [0.717, 1.165) is 39.5 Å². The Kier molecular flexibility index (Phi) is 6.60. The van der Waals surface area contributed by atoms with E-state index in [1.165, 1.54) is 60.7 Å². The van der Waals surface area contributed by atoms with Crippen LogP contribution in [0, 0.1) is 5.92 Å². The molecular weight excluding hydrogens is 664 g/mol. The van der Waals surface area contributed by atoms with Gasteiger partial charge in [0, 0.05) is 82.6 Å². The molecule has 0 saturated carbocycles. The lowest BCUT2D eigenvalue weighted by atomic mass is 9.81. The van der Waals surface area contributed by atoms with Crippen molar-refractivity contribution in [3.8, 4) is 0 Å². The number of hydrogen-bond acceptors (Lipinski definition) is 5. The van der Waals surface area contributed by atoms with Crippen molar-refractivity contribution in [1.29, 1.82) is 0 Å². The molecule has 1 aliphatic rings. The number of hydrogen-bond donors (Lipinski definition) is 0. The zero-order valence-electron chi connectivity index (χ0n) is 25.9. The number of amidine groups is 1. The molecular formula is C42H27ClN2S3. The average molecular weight is 691 g/mol. The highest BCUT2D eigenvalue weighted by Gasteiger charge is 2.35. The molecule has 0 bridgehead atoms. The third kappa shape index (κ3) is 4.21. The van der Waals surface area contributed by atoms with Crippen LogP contribution < -0.4 is 0 Å². The van der Waals surface area contributed by atoms with E-state index in [-0.39, 0.29) is 12.0 Å². The Balaban J connectivity index is 1.29. The summed E-state index contributed by atoms with van der Waals surface area (Å²) in [7, 11) is 0. The van der Waals surface area contributed by atoms with E-state index < -0.39 is 0 Å². The van der Waals surface area contributed by atoms with Gasteiger partial charge in [0.2, 0.25) is 0 Å². The SMILES string of the molecule is CCC1C(c2ccc(Cl)c3c2sc2ccccc23)=NC(c2cccc3sc4ccccc4c23)=NC1c1cccc2sc3ccccc3c12. The molecule has 230 valence electrons. The molecule has 0 aliphatic carbocycles. The van der Waals surface area contributed by atoms with Crippen molar-refractivity contribution in [1.82, 2.24) is 0 Å². The van der Waals surface area contributed by atoms with Crippen LogP contribution in [0.1, 0.15) is 36.1 Å². The van der Waals surface area contributed by atoms with E-state index in [1.807, 2.05) is 34.0 Å². The van der Waals surface area contributed by atoms with Gasteiger partial charge in [-0.05, 0) is 48.4 Å². The lowest BCUT2D eigenvalue weighted by Gasteiger charge is -2.31. The smallest absolute Gasteiger partial charge is 0.156 e. The van der Waals surface area contributed by atoms with E-state index in [4.69, 9.17) is 21.6 Å². The van der Waals surface area contributed by atoms with Crippen molar-refractivity contribution in [3.63, 3.8) is 0 Å². The molecule has 0 radical (unpaired) electrons. The van der Waals surface area contributed by atoms with Crippen molar-refractivity contribution < 1.29 is 0 Å². The van der Waals surface area contributed by atoms with Gasteiger partial charge in [0.25, 0.3) is 0 Å². The van der Waals surface area contributed by atoms with Gasteiger partial charge in [-0.15, -0.1) is 34.0 Å². The van der Waals surface area contributed by atoms with E-state index >= 15 is 0 Å². The molecule has 48 heavy (non-hydrogen) atoms. The number of halogens is 1. The normalized spacial score (nSPS) is 16.9. The van der Waals surface area contributed by atoms with Gasteiger partial charge in [-0.3, -0.25) is 4.99 Å². The minimum Gasteiger partial charge on any atom is -0.257 e. The van der Waals surface area contributed by atoms with Crippen LogP contribution in [0.3, 0.4) is 0 Å². The monoisotopic (exact) mass is 690 g/mol. The van der Waals surface area contributed by atoms with E-state index in [1.54, 1.807) is 0 Å². The first kappa shape index (κ1) is 28.6.